The summed E-state index contributed by atoms with van der Waals surface area (Å²) < 4.78 is 4.89. The van der Waals surface area contributed by atoms with Crippen molar-refractivity contribution in [3.63, 3.8) is 0 Å². The molecule has 8 heteroatoms. The first-order valence-corrected chi connectivity index (χ1v) is 9.27. The highest BCUT2D eigenvalue weighted by atomic mass is 32.1. The van der Waals surface area contributed by atoms with Gasteiger partial charge in [0.2, 0.25) is 5.91 Å². The number of hydrogen-bond acceptors (Lipinski definition) is 6. The summed E-state index contributed by atoms with van der Waals surface area (Å²) >= 11 is 1.42. The van der Waals surface area contributed by atoms with Gasteiger partial charge in [-0.25, -0.2) is 4.79 Å². The summed E-state index contributed by atoms with van der Waals surface area (Å²) in [6.07, 6.45) is 6.69. The summed E-state index contributed by atoms with van der Waals surface area (Å²) in [7, 11) is 1.33. The summed E-state index contributed by atoms with van der Waals surface area (Å²) in [5.74, 6) is -0.818. The summed E-state index contributed by atoms with van der Waals surface area (Å²) in [6, 6.07) is 5.87. The predicted octanol–water partition coefficient (Wildman–Crippen LogP) is 3.97. The molecule has 1 N–H and O–H groups in total. The van der Waals surface area contributed by atoms with Gasteiger partial charge in [0.1, 0.15) is 5.00 Å². The van der Waals surface area contributed by atoms with Gasteiger partial charge in [0.05, 0.1) is 17.6 Å². The number of nitro benzene ring substituents is 1. The zero-order chi connectivity index (χ0) is 19.4. The molecule has 0 bridgehead atoms. The molecule has 140 valence electrons. The SMILES string of the molecule is COC(=O)c1c(NC(=O)/C=C\c2ccc([N+](=O)[O-])cc2)sc2c1CCCC2. The molecule has 27 heavy (non-hydrogen) atoms. The molecule has 1 aliphatic carbocycles. The molecule has 0 atom stereocenters. The summed E-state index contributed by atoms with van der Waals surface area (Å²) in [4.78, 5) is 35.8. The second kappa shape index (κ2) is 8.13. The first-order valence-electron chi connectivity index (χ1n) is 8.46. The first-order chi connectivity index (χ1) is 13.0. The molecule has 1 aromatic heterocycles. The average molecular weight is 386 g/mol. The normalized spacial score (nSPS) is 13.2. The zero-order valence-electron chi connectivity index (χ0n) is 14.7. The van der Waals surface area contributed by atoms with Crippen LogP contribution in [0.4, 0.5) is 10.7 Å². The van der Waals surface area contributed by atoms with Gasteiger partial charge in [0.15, 0.2) is 0 Å². The van der Waals surface area contributed by atoms with Gasteiger partial charge < -0.3 is 10.1 Å². The van der Waals surface area contributed by atoms with Gasteiger partial charge in [-0.2, -0.15) is 0 Å². The minimum Gasteiger partial charge on any atom is -0.465 e. The molecular weight excluding hydrogens is 368 g/mol. The van der Waals surface area contributed by atoms with Crippen LogP contribution in [0, 0.1) is 10.1 Å². The molecule has 1 amide bonds. The van der Waals surface area contributed by atoms with E-state index in [-0.39, 0.29) is 11.6 Å². The molecule has 1 aliphatic rings. The highest BCUT2D eigenvalue weighted by Crippen LogP contribution is 2.38. The van der Waals surface area contributed by atoms with E-state index < -0.39 is 10.9 Å². The Morgan fingerprint density at radius 3 is 2.59 bits per heavy atom. The van der Waals surface area contributed by atoms with Crippen molar-refractivity contribution < 1.29 is 19.2 Å². The number of carbonyl (C=O) groups is 2. The number of hydrogen-bond donors (Lipinski definition) is 1. The number of nitro groups is 1. The van der Waals surface area contributed by atoms with Crippen LogP contribution < -0.4 is 5.32 Å². The number of methoxy groups -OCH3 is 1. The van der Waals surface area contributed by atoms with E-state index in [1.807, 2.05) is 0 Å². The van der Waals surface area contributed by atoms with E-state index in [4.69, 9.17) is 4.74 Å². The topological polar surface area (TPSA) is 98.5 Å². The molecule has 1 aromatic carbocycles. The van der Waals surface area contributed by atoms with E-state index >= 15 is 0 Å². The number of thiophene rings is 1. The molecule has 0 saturated carbocycles. The standard InChI is InChI=1S/C19H18N2O5S/c1-26-19(23)17-14-4-2-3-5-15(14)27-18(17)20-16(22)11-8-12-6-9-13(10-7-12)21(24)25/h6-11H,2-5H2,1H3,(H,20,22)/b11-8-. The van der Waals surface area contributed by atoms with Crippen LogP contribution in [0.25, 0.3) is 6.08 Å². The third-order valence-corrected chi connectivity index (χ3v) is 5.54. The van der Waals surface area contributed by atoms with Gasteiger partial charge in [-0.05, 0) is 55.0 Å². The van der Waals surface area contributed by atoms with E-state index in [0.717, 1.165) is 36.1 Å². The zero-order valence-corrected chi connectivity index (χ0v) is 15.5. The van der Waals surface area contributed by atoms with E-state index in [9.17, 15) is 19.7 Å². The largest absolute Gasteiger partial charge is 0.465 e. The van der Waals surface area contributed by atoms with Crippen molar-refractivity contribution >= 4 is 40.0 Å². The number of nitrogens with one attached hydrogen (secondary N) is 1. The minimum absolute atomic E-state index is 0.0107. The Balaban J connectivity index is 1.76. The predicted molar refractivity (Wildman–Crippen MR) is 103 cm³/mol. The second-order valence-corrected chi connectivity index (χ2v) is 7.18. The molecule has 0 unspecified atom stereocenters. The summed E-state index contributed by atoms with van der Waals surface area (Å²) in [6.45, 7) is 0. The third-order valence-electron chi connectivity index (χ3n) is 4.33. The fraction of sp³-hybridized carbons (Fsp3) is 0.263. The number of ether oxygens (including phenoxy) is 1. The number of rotatable bonds is 5. The molecule has 3 rings (SSSR count). The Kier molecular flexibility index (Phi) is 5.66. The second-order valence-electron chi connectivity index (χ2n) is 6.08. The number of fused-ring (bicyclic) bond motifs is 1. The maximum Gasteiger partial charge on any atom is 0.341 e. The summed E-state index contributed by atoms with van der Waals surface area (Å²) in [5.41, 5.74) is 2.08. The Morgan fingerprint density at radius 2 is 1.93 bits per heavy atom. The van der Waals surface area contributed by atoms with E-state index in [0.29, 0.717) is 16.1 Å². The van der Waals surface area contributed by atoms with Crippen molar-refractivity contribution in [2.24, 2.45) is 0 Å². The van der Waals surface area contributed by atoms with E-state index in [1.54, 1.807) is 18.2 Å². The highest BCUT2D eigenvalue weighted by molar-refractivity contribution is 7.17. The first kappa shape index (κ1) is 18.8. The number of amides is 1. The monoisotopic (exact) mass is 386 g/mol. The van der Waals surface area contributed by atoms with Gasteiger partial charge in [0, 0.05) is 23.1 Å². The Labute approximate surface area is 159 Å². The van der Waals surface area contributed by atoms with Gasteiger partial charge in [-0.15, -0.1) is 11.3 Å². The highest BCUT2D eigenvalue weighted by Gasteiger charge is 2.26. The number of anilines is 1. The molecule has 2 aromatic rings. The number of nitrogens with zero attached hydrogens (tertiary/aromatic N) is 1. The molecule has 0 aliphatic heterocycles. The molecule has 0 saturated heterocycles. The molecule has 1 heterocycles. The average Bonchev–Trinajstić information content (AvgIpc) is 3.03. The number of non-ortho nitro benzene ring substituents is 1. The number of aryl methyl sites for hydroxylation is 1. The lowest BCUT2D eigenvalue weighted by Crippen LogP contribution is -2.13. The Morgan fingerprint density at radius 1 is 1.22 bits per heavy atom. The van der Waals surface area contributed by atoms with Crippen LogP contribution in [0.3, 0.4) is 0 Å². The smallest absolute Gasteiger partial charge is 0.341 e. The number of esters is 1. The van der Waals surface area contributed by atoms with Crippen molar-refractivity contribution in [2.75, 3.05) is 12.4 Å². The lowest BCUT2D eigenvalue weighted by atomic mass is 9.95. The third kappa shape index (κ3) is 4.22. The van der Waals surface area contributed by atoms with Gasteiger partial charge in [-0.1, -0.05) is 0 Å². The lowest BCUT2D eigenvalue weighted by Gasteiger charge is -2.11. The van der Waals surface area contributed by atoms with Crippen LogP contribution in [0.1, 0.15) is 39.2 Å². The van der Waals surface area contributed by atoms with Crippen LogP contribution in [-0.2, 0) is 22.4 Å². The van der Waals surface area contributed by atoms with Crippen LogP contribution in [0.5, 0.6) is 0 Å². The molecular formula is C19H18N2O5S. The quantitative estimate of drug-likeness (QED) is 0.363. The van der Waals surface area contributed by atoms with Crippen LogP contribution in [-0.4, -0.2) is 23.9 Å². The molecule has 0 spiro atoms. The maximum absolute atomic E-state index is 12.3. The fourth-order valence-corrected chi connectivity index (χ4v) is 4.28. The van der Waals surface area contributed by atoms with Crippen LogP contribution in [0.15, 0.2) is 30.3 Å². The van der Waals surface area contributed by atoms with E-state index in [2.05, 4.69) is 5.32 Å². The van der Waals surface area contributed by atoms with Crippen molar-refractivity contribution in [3.8, 4) is 0 Å². The molecule has 7 nitrogen and oxygen atoms in total. The van der Waals surface area contributed by atoms with Gasteiger partial charge in [0.25, 0.3) is 5.69 Å². The van der Waals surface area contributed by atoms with Gasteiger partial charge in [-0.3, -0.25) is 14.9 Å². The van der Waals surface area contributed by atoms with Crippen LogP contribution >= 0.6 is 11.3 Å². The van der Waals surface area contributed by atoms with Gasteiger partial charge >= 0.3 is 5.97 Å². The maximum atomic E-state index is 12.3. The number of benzene rings is 1. The van der Waals surface area contributed by atoms with Crippen molar-refractivity contribution in [3.05, 3.63) is 62.0 Å². The molecule has 0 radical (unpaired) electrons. The lowest BCUT2D eigenvalue weighted by molar-refractivity contribution is -0.384. The van der Waals surface area contributed by atoms with Crippen molar-refractivity contribution in [2.45, 2.75) is 25.7 Å². The van der Waals surface area contributed by atoms with E-state index in [1.165, 1.54) is 36.7 Å². The van der Waals surface area contributed by atoms with Crippen LogP contribution in [0.2, 0.25) is 0 Å². The van der Waals surface area contributed by atoms with Crippen molar-refractivity contribution in [1.82, 2.24) is 0 Å². The molecule has 0 fully saturated rings. The Bertz CT molecular complexity index is 915. The minimum atomic E-state index is -0.479. The summed E-state index contributed by atoms with van der Waals surface area (Å²) in [5, 5.41) is 13.9. The number of carbonyl (C=O) groups excluding carboxylic acids is 2. The van der Waals surface area contributed by atoms with Crippen molar-refractivity contribution in [1.29, 1.82) is 0 Å². The Hall–Kier alpha value is -3.00. The fourth-order valence-electron chi connectivity index (χ4n) is 3.00.